The van der Waals surface area contributed by atoms with Gasteiger partial charge < -0.3 is 22.1 Å². The molecular weight excluding hydrogens is 568 g/mol. The number of furan rings is 3. The van der Waals surface area contributed by atoms with Gasteiger partial charge in [0.05, 0.1) is 0 Å². The third-order valence-electron chi connectivity index (χ3n) is 8.90. The molecule has 0 radical (unpaired) electrons. The Morgan fingerprint density at radius 3 is 1.33 bits per heavy atom. The van der Waals surface area contributed by atoms with Crippen molar-refractivity contribution in [2.24, 2.45) is 0 Å². The van der Waals surface area contributed by atoms with Crippen LogP contribution in [-0.4, -0.2) is 0 Å². The van der Waals surface area contributed by atoms with Gasteiger partial charge in [0.25, 0.3) is 0 Å². The fraction of sp³-hybridized carbons (Fsp3) is 0.105. The molecule has 0 atom stereocenters. The van der Waals surface area contributed by atoms with Gasteiger partial charge in [0.15, 0.2) is 11.2 Å². The Balaban J connectivity index is 1.23. The lowest BCUT2D eigenvalue weighted by Crippen LogP contribution is -2.05. The van der Waals surface area contributed by atoms with E-state index in [-0.39, 0.29) is 0 Å². The van der Waals surface area contributed by atoms with Gasteiger partial charge in [-0.2, -0.15) is 0 Å². The van der Waals surface area contributed by atoms with Crippen LogP contribution >= 0.6 is 0 Å². The van der Waals surface area contributed by atoms with Crippen LogP contribution < -0.4 is 11.3 Å². The zero-order chi connectivity index (χ0) is 30.7. The van der Waals surface area contributed by atoms with Crippen molar-refractivity contribution >= 4 is 65.8 Å². The van der Waals surface area contributed by atoms with Crippen LogP contribution in [0.3, 0.4) is 0 Å². The van der Waals surface area contributed by atoms with Gasteiger partial charge in [0, 0.05) is 22.9 Å². The molecule has 0 bridgehead atoms. The molecule has 0 saturated carbocycles. The van der Waals surface area contributed by atoms with Crippen LogP contribution in [0.15, 0.2) is 104 Å². The monoisotopic (exact) mass is 592 g/mol. The molecule has 4 aromatic carbocycles. The standard InChI is InChI=1S/C38H24O7/c1-17-5-9-23-21(13-17)7-11-25-31(23)19(3)33(37(39)44-25)27-15-29-35(42-27)36-30(41-29)16-28(43-36)34-20(4)32-24-10-6-18(2)14-22(24)8-12-26(32)45-38(34)40/h5-16H,1-4H3. The minimum Gasteiger partial charge on any atom is -0.449 e. The predicted octanol–water partition coefficient (Wildman–Crippen LogP) is 9.86. The Kier molecular flexibility index (Phi) is 5.05. The van der Waals surface area contributed by atoms with E-state index in [1.807, 2.05) is 76.2 Å². The summed E-state index contributed by atoms with van der Waals surface area (Å²) in [6.45, 7) is 7.88. The molecule has 9 aromatic rings. The molecule has 0 aliphatic carbocycles. The molecule has 0 fully saturated rings. The second-order valence-electron chi connectivity index (χ2n) is 11.8. The molecule has 0 unspecified atom stereocenters. The first-order chi connectivity index (χ1) is 21.7. The summed E-state index contributed by atoms with van der Waals surface area (Å²) in [5.41, 5.74) is 5.92. The average molecular weight is 593 g/mol. The topological polar surface area (TPSA) is 99.8 Å². The molecule has 0 aliphatic heterocycles. The molecule has 45 heavy (non-hydrogen) atoms. The van der Waals surface area contributed by atoms with E-state index in [9.17, 15) is 9.59 Å². The highest BCUT2D eigenvalue weighted by atomic mass is 16.4. The van der Waals surface area contributed by atoms with Crippen LogP contribution in [0.1, 0.15) is 22.3 Å². The van der Waals surface area contributed by atoms with Gasteiger partial charge in [0.2, 0.25) is 11.2 Å². The van der Waals surface area contributed by atoms with Crippen LogP contribution in [0.5, 0.6) is 0 Å². The Labute approximate surface area is 253 Å². The summed E-state index contributed by atoms with van der Waals surface area (Å²) in [6.07, 6.45) is 0. The van der Waals surface area contributed by atoms with E-state index >= 15 is 0 Å². The van der Waals surface area contributed by atoms with E-state index < -0.39 is 11.3 Å². The van der Waals surface area contributed by atoms with Crippen molar-refractivity contribution in [2.75, 3.05) is 0 Å². The largest absolute Gasteiger partial charge is 0.449 e. The highest BCUT2D eigenvalue weighted by Crippen LogP contribution is 2.41. The van der Waals surface area contributed by atoms with Gasteiger partial charge >= 0.3 is 11.3 Å². The third-order valence-corrected chi connectivity index (χ3v) is 8.90. The van der Waals surface area contributed by atoms with E-state index in [4.69, 9.17) is 22.1 Å². The van der Waals surface area contributed by atoms with Gasteiger partial charge in [-0.3, -0.25) is 0 Å². The Morgan fingerprint density at radius 2 is 0.889 bits per heavy atom. The zero-order valence-electron chi connectivity index (χ0n) is 24.8. The maximum atomic E-state index is 13.3. The van der Waals surface area contributed by atoms with E-state index in [1.54, 1.807) is 12.1 Å². The summed E-state index contributed by atoms with van der Waals surface area (Å²) in [4.78, 5) is 26.5. The Hall–Kier alpha value is -5.82. The van der Waals surface area contributed by atoms with Gasteiger partial charge in [0.1, 0.15) is 33.8 Å². The van der Waals surface area contributed by atoms with Crippen molar-refractivity contribution in [2.45, 2.75) is 27.7 Å². The number of rotatable bonds is 2. The number of hydrogen-bond donors (Lipinski definition) is 0. The van der Waals surface area contributed by atoms with E-state index in [2.05, 4.69) is 12.1 Å². The van der Waals surface area contributed by atoms with Gasteiger partial charge in [-0.25, -0.2) is 9.59 Å². The van der Waals surface area contributed by atoms with Crippen molar-refractivity contribution in [3.05, 3.63) is 116 Å². The smallest absolute Gasteiger partial charge is 0.347 e. The van der Waals surface area contributed by atoms with Crippen molar-refractivity contribution in [3.8, 4) is 22.6 Å². The highest BCUT2D eigenvalue weighted by Gasteiger charge is 2.25. The normalized spacial score (nSPS) is 12.2. The van der Waals surface area contributed by atoms with E-state index in [1.165, 1.54) is 0 Å². The molecule has 0 saturated heterocycles. The minimum absolute atomic E-state index is 0.309. The molecule has 7 nitrogen and oxygen atoms in total. The van der Waals surface area contributed by atoms with Crippen LogP contribution in [0.4, 0.5) is 0 Å². The zero-order valence-corrected chi connectivity index (χ0v) is 24.8. The molecule has 0 amide bonds. The molecular formula is C38H24O7. The first-order valence-electron chi connectivity index (χ1n) is 14.7. The van der Waals surface area contributed by atoms with Crippen LogP contribution in [0.2, 0.25) is 0 Å². The number of benzene rings is 4. The first-order valence-corrected chi connectivity index (χ1v) is 14.7. The number of aryl methyl sites for hydroxylation is 4. The van der Waals surface area contributed by atoms with Crippen molar-refractivity contribution in [3.63, 3.8) is 0 Å². The SMILES string of the molecule is Cc1ccc2c(ccc3oc(=O)c(-c4cc5oc6cc(-c7c(C)c8c(ccc9cc(C)ccc98)oc7=O)oc6c5o4)c(C)c32)c1. The maximum Gasteiger partial charge on any atom is 0.347 e. The van der Waals surface area contributed by atoms with Crippen molar-refractivity contribution < 1.29 is 22.1 Å². The number of fused-ring (bicyclic) bond motifs is 9. The second-order valence-corrected chi connectivity index (χ2v) is 11.8. The van der Waals surface area contributed by atoms with Gasteiger partial charge in [-0.1, -0.05) is 59.7 Å². The minimum atomic E-state index is -0.508. The molecule has 5 aromatic heterocycles. The quantitative estimate of drug-likeness (QED) is 0.145. The lowest BCUT2D eigenvalue weighted by atomic mass is 9.98. The molecule has 5 heterocycles. The van der Waals surface area contributed by atoms with Crippen molar-refractivity contribution in [1.82, 2.24) is 0 Å². The lowest BCUT2D eigenvalue weighted by Gasteiger charge is -2.09. The van der Waals surface area contributed by atoms with Gasteiger partial charge in [-0.05, 0) is 72.5 Å². The fourth-order valence-corrected chi connectivity index (χ4v) is 6.81. The third kappa shape index (κ3) is 3.58. The first kappa shape index (κ1) is 25.7. The summed E-state index contributed by atoms with van der Waals surface area (Å²) in [5, 5.41) is 5.78. The van der Waals surface area contributed by atoms with Gasteiger partial charge in [-0.15, -0.1) is 0 Å². The Morgan fingerprint density at radius 1 is 0.444 bits per heavy atom. The fourth-order valence-electron chi connectivity index (χ4n) is 6.81. The average Bonchev–Trinajstić information content (AvgIpc) is 3.67. The summed E-state index contributed by atoms with van der Waals surface area (Å²) in [7, 11) is 0. The Bertz CT molecular complexity index is 2660. The maximum absolute atomic E-state index is 13.3. The van der Waals surface area contributed by atoms with Crippen LogP contribution in [-0.2, 0) is 0 Å². The van der Waals surface area contributed by atoms with E-state index in [0.717, 1.165) is 54.6 Å². The second kappa shape index (κ2) is 8.86. The molecule has 0 N–H and O–H groups in total. The molecule has 218 valence electrons. The molecule has 7 heteroatoms. The molecule has 9 rings (SSSR count). The summed E-state index contributed by atoms with van der Waals surface area (Å²) < 4.78 is 30.1. The lowest BCUT2D eigenvalue weighted by molar-refractivity contribution is 0.550. The van der Waals surface area contributed by atoms with E-state index in [0.29, 0.717) is 56.1 Å². The van der Waals surface area contributed by atoms with Crippen molar-refractivity contribution in [1.29, 1.82) is 0 Å². The summed E-state index contributed by atoms with van der Waals surface area (Å²) in [5.74, 6) is 0.619. The molecule has 0 spiro atoms. The highest BCUT2D eigenvalue weighted by molar-refractivity contribution is 6.10. The van der Waals surface area contributed by atoms with Crippen LogP contribution in [0.25, 0.3) is 88.5 Å². The van der Waals surface area contributed by atoms with Crippen LogP contribution in [0, 0.1) is 27.7 Å². The number of hydrogen-bond acceptors (Lipinski definition) is 7. The predicted molar refractivity (Wildman–Crippen MR) is 175 cm³/mol. The summed E-state index contributed by atoms with van der Waals surface area (Å²) in [6, 6.07) is 23.3. The molecule has 0 aliphatic rings. The summed E-state index contributed by atoms with van der Waals surface area (Å²) >= 11 is 0.